The quantitative estimate of drug-likeness (QED) is 0.295. The first-order chi connectivity index (χ1) is 17.6. The molecule has 0 spiro atoms. The topological polar surface area (TPSA) is 80.1 Å². The van der Waals surface area contributed by atoms with Gasteiger partial charge in [-0.15, -0.1) is 0 Å². The van der Waals surface area contributed by atoms with Gasteiger partial charge in [-0.25, -0.2) is 9.97 Å². The lowest BCUT2D eigenvalue weighted by Crippen LogP contribution is -2.45. The van der Waals surface area contributed by atoms with Gasteiger partial charge in [0.1, 0.15) is 11.6 Å². The largest absolute Gasteiger partial charge is 0.487 e. The third-order valence-electron chi connectivity index (χ3n) is 7.49. The number of hydrogen-bond donors (Lipinski definition) is 1. The van der Waals surface area contributed by atoms with Gasteiger partial charge in [-0.1, -0.05) is 32.9 Å². The summed E-state index contributed by atoms with van der Waals surface area (Å²) in [6.07, 6.45) is 7.94. The lowest BCUT2D eigenvalue weighted by molar-refractivity contribution is 0.0731. The number of anilines is 2. The maximum Gasteiger partial charge on any atom is 0.227 e. The number of nitriles is 1. The fraction of sp³-hybridized carbons (Fsp3) is 0.483. The van der Waals surface area contributed by atoms with Crippen molar-refractivity contribution in [2.24, 2.45) is 0 Å². The summed E-state index contributed by atoms with van der Waals surface area (Å²) in [5, 5.41) is 14.2. The minimum Gasteiger partial charge on any atom is -0.487 e. The van der Waals surface area contributed by atoms with E-state index in [1.807, 2.05) is 18.2 Å². The lowest BCUT2D eigenvalue weighted by Gasteiger charge is -2.41. The Bertz CT molecular complexity index is 1280. The predicted molar refractivity (Wildman–Crippen MR) is 156 cm³/mol. The second-order valence-electron chi connectivity index (χ2n) is 11.3. The zero-order valence-electron chi connectivity index (χ0n) is 22.8. The van der Waals surface area contributed by atoms with Crippen LogP contribution in [-0.2, 0) is 10.2 Å². The number of benzene rings is 2. The zero-order valence-corrected chi connectivity index (χ0v) is 24.6. The smallest absolute Gasteiger partial charge is 0.227 e. The molecule has 0 saturated heterocycles. The number of fused-ring (bicyclic) bond motifs is 1. The summed E-state index contributed by atoms with van der Waals surface area (Å²) in [6, 6.07) is 14.2. The molecule has 1 aromatic heterocycles. The van der Waals surface area contributed by atoms with E-state index in [0.29, 0.717) is 22.8 Å². The number of hydrogen-bond acceptors (Lipinski definition) is 7. The van der Waals surface area contributed by atoms with Gasteiger partial charge in [-0.3, -0.25) is 0 Å². The van der Waals surface area contributed by atoms with E-state index < -0.39 is 8.32 Å². The molecule has 1 saturated carbocycles. The van der Waals surface area contributed by atoms with E-state index >= 15 is 0 Å². The van der Waals surface area contributed by atoms with Gasteiger partial charge in [-0.05, 0) is 79.9 Å². The molecule has 0 atom stereocenters. The number of aromatic nitrogens is 2. The molecule has 3 aromatic rings. The summed E-state index contributed by atoms with van der Waals surface area (Å²) >= 11 is 1.79. The Kier molecular flexibility index (Phi) is 8.47. The Morgan fingerprint density at radius 2 is 1.84 bits per heavy atom. The number of rotatable bonds is 8. The molecule has 1 fully saturated rings. The highest BCUT2D eigenvalue weighted by atomic mass is 32.2. The Hall–Kier alpha value is -2.60. The van der Waals surface area contributed by atoms with E-state index in [1.54, 1.807) is 24.0 Å². The number of thioether (sulfide) groups is 1. The first-order valence-electron chi connectivity index (χ1n) is 13.0. The van der Waals surface area contributed by atoms with Gasteiger partial charge in [0, 0.05) is 29.1 Å². The van der Waals surface area contributed by atoms with E-state index in [4.69, 9.17) is 14.1 Å². The summed E-state index contributed by atoms with van der Waals surface area (Å²) in [4.78, 5) is 9.29. The second kappa shape index (κ2) is 11.4. The monoisotopic (exact) mass is 534 g/mol. The van der Waals surface area contributed by atoms with Gasteiger partial charge < -0.3 is 14.5 Å². The summed E-state index contributed by atoms with van der Waals surface area (Å²) in [7, 11) is -1.80. The van der Waals surface area contributed by atoms with Crippen molar-refractivity contribution < 1.29 is 9.16 Å². The average Bonchev–Trinajstić information content (AvgIpc) is 2.85. The van der Waals surface area contributed by atoms with E-state index in [9.17, 15) is 5.26 Å². The number of ether oxygens (including phenoxy) is 1. The summed E-state index contributed by atoms with van der Waals surface area (Å²) < 4.78 is 13.2. The molecule has 0 amide bonds. The molecule has 0 aliphatic heterocycles. The fourth-order valence-electron chi connectivity index (χ4n) is 4.40. The molecule has 1 N–H and O–H groups in total. The molecule has 0 bridgehead atoms. The molecule has 4 rings (SSSR count). The first-order valence-corrected chi connectivity index (χ1v) is 17.3. The van der Waals surface area contributed by atoms with Crippen molar-refractivity contribution in [2.75, 3.05) is 11.6 Å². The Labute approximate surface area is 226 Å². The van der Waals surface area contributed by atoms with Crippen molar-refractivity contribution in [1.82, 2.24) is 9.97 Å². The van der Waals surface area contributed by atoms with Gasteiger partial charge >= 0.3 is 0 Å². The summed E-state index contributed by atoms with van der Waals surface area (Å²) in [6.45, 7) is 11.5. The van der Waals surface area contributed by atoms with Crippen LogP contribution in [0.1, 0.15) is 57.6 Å². The Morgan fingerprint density at radius 3 is 2.51 bits per heavy atom. The highest BCUT2D eigenvalue weighted by molar-refractivity contribution is 7.97. The second-order valence-corrected chi connectivity index (χ2v) is 17.0. The summed E-state index contributed by atoms with van der Waals surface area (Å²) in [5.74, 6) is 1.98. The molecular weight excluding hydrogens is 496 g/mol. The third-order valence-corrected chi connectivity index (χ3v) is 12.7. The van der Waals surface area contributed by atoms with Gasteiger partial charge in [0.15, 0.2) is 14.1 Å². The van der Waals surface area contributed by atoms with Crippen LogP contribution >= 0.6 is 11.8 Å². The van der Waals surface area contributed by atoms with Gasteiger partial charge in [0.25, 0.3) is 0 Å². The normalized spacial score (nSPS) is 18.4. The van der Waals surface area contributed by atoms with Crippen LogP contribution in [0.2, 0.25) is 18.1 Å². The molecule has 1 aliphatic carbocycles. The average molecular weight is 535 g/mol. The molecule has 8 heteroatoms. The minimum atomic E-state index is -1.80. The van der Waals surface area contributed by atoms with Crippen molar-refractivity contribution in [1.29, 1.82) is 5.26 Å². The molecular formula is C29H38N4O2SSi. The van der Waals surface area contributed by atoms with E-state index in [-0.39, 0.29) is 17.2 Å². The van der Waals surface area contributed by atoms with E-state index in [1.165, 1.54) is 5.56 Å². The van der Waals surface area contributed by atoms with Gasteiger partial charge in [-0.2, -0.15) is 17.0 Å². The van der Waals surface area contributed by atoms with Crippen LogP contribution in [0.5, 0.6) is 5.75 Å². The van der Waals surface area contributed by atoms with Crippen LogP contribution in [-0.4, -0.2) is 36.7 Å². The van der Waals surface area contributed by atoms with Crippen molar-refractivity contribution in [3.05, 3.63) is 53.7 Å². The van der Waals surface area contributed by atoms with Crippen molar-refractivity contribution in [3.63, 3.8) is 0 Å². The molecule has 2 aromatic carbocycles. The molecule has 0 radical (unpaired) electrons. The number of nitrogens with zero attached hydrogens (tertiary/aromatic N) is 3. The molecule has 196 valence electrons. The zero-order chi connectivity index (χ0) is 26.6. The molecule has 1 heterocycles. The molecule has 0 unspecified atom stereocenters. The van der Waals surface area contributed by atoms with Crippen molar-refractivity contribution >= 4 is 42.6 Å². The van der Waals surface area contributed by atoms with Gasteiger partial charge in [0.05, 0.1) is 11.7 Å². The predicted octanol–water partition coefficient (Wildman–Crippen LogP) is 7.82. The third kappa shape index (κ3) is 6.64. The highest BCUT2D eigenvalue weighted by Gasteiger charge is 2.40. The van der Waals surface area contributed by atoms with Crippen LogP contribution in [0.25, 0.3) is 10.9 Å². The maximum absolute atomic E-state index is 9.83. The van der Waals surface area contributed by atoms with Gasteiger partial charge in [0.2, 0.25) is 5.95 Å². The maximum atomic E-state index is 9.83. The van der Waals surface area contributed by atoms with E-state index in [0.717, 1.165) is 42.5 Å². The summed E-state index contributed by atoms with van der Waals surface area (Å²) in [5.41, 5.74) is 3.34. The van der Waals surface area contributed by atoms with Crippen LogP contribution in [0.4, 0.5) is 11.6 Å². The highest BCUT2D eigenvalue weighted by Crippen LogP contribution is 2.40. The Morgan fingerprint density at radius 1 is 1.11 bits per heavy atom. The Balaban J connectivity index is 1.51. The molecule has 1 aliphatic rings. The molecule has 37 heavy (non-hydrogen) atoms. The standard InChI is InChI=1S/C29H38N4O2SSi/c1-29(2,3)37(5,6)35-25-14-12-24(13-15-25)34-27-21(17-30)10-11-22-18-31-28(33-26(22)27)32-23-9-7-8-20(16-23)19-36-4/h7-11,16,18,24-25H,12-15,19H2,1-6H3,(H,31,32,33)/t24-,25+. The van der Waals surface area contributed by atoms with E-state index in [2.05, 4.69) is 68.6 Å². The van der Waals surface area contributed by atoms with Crippen molar-refractivity contribution in [3.8, 4) is 11.8 Å². The lowest BCUT2D eigenvalue weighted by atomic mass is 9.95. The minimum absolute atomic E-state index is 0.0339. The number of nitrogens with one attached hydrogen (secondary N) is 1. The first kappa shape index (κ1) is 27.4. The fourth-order valence-corrected chi connectivity index (χ4v) is 6.34. The van der Waals surface area contributed by atoms with Crippen LogP contribution in [0.3, 0.4) is 0 Å². The van der Waals surface area contributed by atoms with Crippen molar-refractivity contribution in [2.45, 2.75) is 82.5 Å². The van der Waals surface area contributed by atoms with Crippen LogP contribution in [0, 0.1) is 11.3 Å². The molecule has 6 nitrogen and oxygen atoms in total. The van der Waals surface area contributed by atoms with Crippen LogP contribution in [0.15, 0.2) is 42.6 Å². The van der Waals surface area contributed by atoms with Crippen LogP contribution < -0.4 is 10.1 Å². The SMILES string of the molecule is CSCc1cccc(Nc2ncc3ccc(C#N)c(O[C@H]4CC[C@@H](O[Si](C)(C)C(C)(C)C)CC4)c3n2)c1.